The molecular formula is C14H11F3INS. The van der Waals surface area contributed by atoms with Crippen molar-refractivity contribution in [2.24, 2.45) is 0 Å². The van der Waals surface area contributed by atoms with Crippen LogP contribution in [0.25, 0.3) is 0 Å². The standard InChI is InChI=1S/C14H11F3INS/c15-14(16,17)20-13-7-1-10(2-8-13)9-19-12-5-3-11(18)4-6-12/h1-8,19H,9H2. The predicted octanol–water partition coefficient (Wildman–Crippen LogP) is 5.52. The quantitative estimate of drug-likeness (QED) is 0.528. The molecule has 2 aromatic rings. The number of thioether (sulfide) groups is 1. The molecule has 0 aliphatic heterocycles. The predicted molar refractivity (Wildman–Crippen MR) is 84.8 cm³/mol. The first-order valence-corrected chi connectivity index (χ1v) is 7.66. The van der Waals surface area contributed by atoms with Gasteiger partial charge in [0, 0.05) is 20.7 Å². The second-order valence-corrected chi connectivity index (χ2v) is 6.44. The monoisotopic (exact) mass is 409 g/mol. The molecule has 0 saturated carbocycles. The summed E-state index contributed by atoms with van der Waals surface area (Å²) < 4.78 is 37.7. The number of halogens is 4. The Bertz CT molecular complexity index is 552. The molecule has 2 aromatic carbocycles. The molecule has 0 unspecified atom stereocenters. The highest BCUT2D eigenvalue weighted by atomic mass is 127. The molecule has 0 aromatic heterocycles. The van der Waals surface area contributed by atoms with E-state index in [9.17, 15) is 13.2 Å². The molecule has 2 rings (SSSR count). The first-order chi connectivity index (χ1) is 9.42. The molecule has 0 bridgehead atoms. The zero-order chi connectivity index (χ0) is 14.6. The van der Waals surface area contributed by atoms with E-state index in [0.717, 1.165) is 14.8 Å². The van der Waals surface area contributed by atoms with Crippen molar-refractivity contribution < 1.29 is 13.2 Å². The van der Waals surface area contributed by atoms with Gasteiger partial charge in [-0.25, -0.2) is 0 Å². The highest BCUT2D eigenvalue weighted by Crippen LogP contribution is 2.36. The summed E-state index contributed by atoms with van der Waals surface area (Å²) in [4.78, 5) is 0.204. The second kappa shape index (κ2) is 6.71. The Labute approximate surface area is 133 Å². The van der Waals surface area contributed by atoms with Gasteiger partial charge in [0.2, 0.25) is 0 Å². The minimum Gasteiger partial charge on any atom is -0.381 e. The topological polar surface area (TPSA) is 12.0 Å². The van der Waals surface area contributed by atoms with Crippen molar-refractivity contribution >= 4 is 40.0 Å². The molecule has 0 aliphatic carbocycles. The molecule has 0 amide bonds. The lowest BCUT2D eigenvalue weighted by Crippen LogP contribution is -2.00. The average Bonchev–Trinajstić information content (AvgIpc) is 2.38. The lowest BCUT2D eigenvalue weighted by molar-refractivity contribution is -0.0328. The van der Waals surface area contributed by atoms with Crippen LogP contribution in [0.1, 0.15) is 5.56 Å². The molecule has 0 fully saturated rings. The normalized spacial score (nSPS) is 11.4. The van der Waals surface area contributed by atoms with E-state index in [1.54, 1.807) is 12.1 Å². The van der Waals surface area contributed by atoms with E-state index in [4.69, 9.17) is 0 Å². The lowest BCUT2D eigenvalue weighted by Gasteiger charge is -2.08. The maximum absolute atomic E-state index is 12.2. The van der Waals surface area contributed by atoms with E-state index in [2.05, 4.69) is 27.9 Å². The molecule has 0 saturated heterocycles. The summed E-state index contributed by atoms with van der Waals surface area (Å²) in [6, 6.07) is 14.3. The van der Waals surface area contributed by atoms with E-state index in [1.807, 2.05) is 24.3 Å². The van der Waals surface area contributed by atoms with Crippen LogP contribution in [0.4, 0.5) is 18.9 Å². The zero-order valence-corrected chi connectivity index (χ0v) is 13.2. The van der Waals surface area contributed by atoms with Crippen molar-refractivity contribution in [3.05, 3.63) is 57.7 Å². The Morgan fingerprint density at radius 1 is 0.950 bits per heavy atom. The molecule has 0 spiro atoms. The van der Waals surface area contributed by atoms with Crippen LogP contribution in [0, 0.1) is 3.57 Å². The smallest absolute Gasteiger partial charge is 0.381 e. The molecule has 0 atom stereocenters. The van der Waals surface area contributed by atoms with Crippen molar-refractivity contribution in [2.75, 3.05) is 5.32 Å². The van der Waals surface area contributed by atoms with Gasteiger partial charge >= 0.3 is 5.51 Å². The summed E-state index contributed by atoms with van der Waals surface area (Å²) >= 11 is 2.13. The Hall–Kier alpha value is -0.890. The van der Waals surface area contributed by atoms with Crippen LogP contribution in [-0.2, 0) is 6.54 Å². The fourth-order valence-corrected chi connectivity index (χ4v) is 2.48. The Balaban J connectivity index is 1.92. The van der Waals surface area contributed by atoms with Gasteiger partial charge in [-0.15, -0.1) is 0 Å². The molecule has 6 heteroatoms. The van der Waals surface area contributed by atoms with Gasteiger partial charge < -0.3 is 5.32 Å². The average molecular weight is 409 g/mol. The Morgan fingerprint density at radius 3 is 2.10 bits per heavy atom. The third-order valence-electron chi connectivity index (χ3n) is 2.50. The summed E-state index contributed by atoms with van der Waals surface area (Å²) in [6.07, 6.45) is 0. The molecule has 20 heavy (non-hydrogen) atoms. The van der Waals surface area contributed by atoms with Gasteiger partial charge in [0.25, 0.3) is 0 Å². The molecule has 0 aliphatic rings. The van der Waals surface area contributed by atoms with Gasteiger partial charge in [0.05, 0.1) is 0 Å². The fraction of sp³-hybridized carbons (Fsp3) is 0.143. The van der Waals surface area contributed by atoms with Crippen molar-refractivity contribution in [1.82, 2.24) is 0 Å². The number of rotatable bonds is 4. The molecule has 0 radical (unpaired) electrons. The zero-order valence-electron chi connectivity index (χ0n) is 10.2. The molecular weight excluding hydrogens is 398 g/mol. The summed E-state index contributed by atoms with van der Waals surface area (Å²) in [5, 5.41) is 3.22. The minimum absolute atomic E-state index is 0.0957. The Kier molecular flexibility index (Phi) is 5.20. The summed E-state index contributed by atoms with van der Waals surface area (Å²) in [5.74, 6) is 0. The largest absolute Gasteiger partial charge is 0.446 e. The molecule has 106 valence electrons. The number of hydrogen-bond acceptors (Lipinski definition) is 2. The first kappa shape index (κ1) is 15.5. The van der Waals surface area contributed by atoms with E-state index in [0.29, 0.717) is 6.54 Å². The van der Waals surface area contributed by atoms with Gasteiger partial charge in [-0.2, -0.15) is 13.2 Å². The van der Waals surface area contributed by atoms with Gasteiger partial charge in [0.1, 0.15) is 0 Å². The van der Waals surface area contributed by atoms with Gasteiger partial charge in [0.15, 0.2) is 0 Å². The highest BCUT2D eigenvalue weighted by Gasteiger charge is 2.28. The summed E-state index contributed by atoms with van der Waals surface area (Å²) in [5.41, 5.74) is -2.31. The van der Waals surface area contributed by atoms with E-state index < -0.39 is 5.51 Å². The van der Waals surface area contributed by atoms with E-state index >= 15 is 0 Å². The summed E-state index contributed by atoms with van der Waals surface area (Å²) in [6.45, 7) is 0.581. The first-order valence-electron chi connectivity index (χ1n) is 5.76. The van der Waals surface area contributed by atoms with Crippen molar-refractivity contribution in [3.63, 3.8) is 0 Å². The fourth-order valence-electron chi connectivity index (χ4n) is 1.58. The van der Waals surface area contributed by atoms with E-state index in [1.165, 1.54) is 12.1 Å². The number of alkyl halides is 3. The maximum atomic E-state index is 12.2. The van der Waals surface area contributed by atoms with Crippen LogP contribution in [0.3, 0.4) is 0 Å². The number of anilines is 1. The molecule has 0 heterocycles. The van der Waals surface area contributed by atoms with Crippen molar-refractivity contribution in [3.8, 4) is 0 Å². The third-order valence-corrected chi connectivity index (χ3v) is 3.96. The molecule has 1 nitrogen and oxygen atoms in total. The van der Waals surface area contributed by atoms with Gasteiger partial charge in [-0.05, 0) is 76.3 Å². The SMILES string of the molecule is FC(F)(F)Sc1ccc(CNc2ccc(I)cc2)cc1. The minimum atomic E-state index is -4.24. The maximum Gasteiger partial charge on any atom is 0.446 e. The van der Waals surface area contributed by atoms with Crippen LogP contribution in [0.2, 0.25) is 0 Å². The van der Waals surface area contributed by atoms with Crippen molar-refractivity contribution in [1.29, 1.82) is 0 Å². The van der Waals surface area contributed by atoms with Crippen LogP contribution in [0.5, 0.6) is 0 Å². The van der Waals surface area contributed by atoms with Gasteiger partial charge in [-0.1, -0.05) is 12.1 Å². The third kappa shape index (κ3) is 5.24. The lowest BCUT2D eigenvalue weighted by atomic mass is 10.2. The number of nitrogens with one attached hydrogen (secondary N) is 1. The highest BCUT2D eigenvalue weighted by molar-refractivity contribution is 14.1. The van der Waals surface area contributed by atoms with Crippen molar-refractivity contribution in [2.45, 2.75) is 16.9 Å². The van der Waals surface area contributed by atoms with Gasteiger partial charge in [-0.3, -0.25) is 0 Å². The Morgan fingerprint density at radius 2 is 1.55 bits per heavy atom. The second-order valence-electron chi connectivity index (χ2n) is 4.05. The van der Waals surface area contributed by atoms with Crippen LogP contribution >= 0.6 is 34.4 Å². The van der Waals surface area contributed by atoms with Crippen LogP contribution in [-0.4, -0.2) is 5.51 Å². The summed E-state index contributed by atoms with van der Waals surface area (Å²) in [7, 11) is 0. The molecule has 1 N–H and O–H groups in total. The van der Waals surface area contributed by atoms with Crippen LogP contribution < -0.4 is 5.32 Å². The number of benzene rings is 2. The van der Waals surface area contributed by atoms with E-state index in [-0.39, 0.29) is 16.7 Å². The van der Waals surface area contributed by atoms with Crippen LogP contribution in [0.15, 0.2) is 53.4 Å². The number of hydrogen-bond donors (Lipinski definition) is 1.